The van der Waals surface area contributed by atoms with Crippen molar-refractivity contribution in [1.29, 1.82) is 0 Å². The maximum Gasteiger partial charge on any atom is 0.161 e. The molecular formula is C10H20O2. The van der Waals surface area contributed by atoms with Crippen LogP contribution in [0.25, 0.3) is 0 Å². The molecular weight excluding hydrogens is 152 g/mol. The number of hydrogen-bond donors (Lipinski definition) is 1. The van der Waals surface area contributed by atoms with Gasteiger partial charge in [0.25, 0.3) is 0 Å². The Labute approximate surface area is 75.0 Å². The molecule has 2 heteroatoms. The molecule has 2 atom stereocenters. The van der Waals surface area contributed by atoms with E-state index >= 15 is 0 Å². The van der Waals surface area contributed by atoms with Gasteiger partial charge in [0, 0.05) is 6.42 Å². The van der Waals surface area contributed by atoms with Crippen LogP contribution in [0.15, 0.2) is 0 Å². The quantitative estimate of drug-likeness (QED) is 0.666. The van der Waals surface area contributed by atoms with Gasteiger partial charge in [0.2, 0.25) is 0 Å². The van der Waals surface area contributed by atoms with E-state index in [9.17, 15) is 9.90 Å². The van der Waals surface area contributed by atoms with Crippen LogP contribution in [0.3, 0.4) is 0 Å². The van der Waals surface area contributed by atoms with Crippen molar-refractivity contribution in [3.63, 3.8) is 0 Å². The topological polar surface area (TPSA) is 37.3 Å². The Hall–Kier alpha value is -0.370. The molecule has 1 N–H and O–H groups in total. The molecule has 0 amide bonds. The molecule has 0 aromatic rings. The first-order valence-corrected chi connectivity index (χ1v) is 4.82. The zero-order valence-electron chi connectivity index (χ0n) is 8.34. The maximum atomic E-state index is 11.3. The summed E-state index contributed by atoms with van der Waals surface area (Å²) >= 11 is 0. The highest BCUT2D eigenvalue weighted by molar-refractivity contribution is 5.82. The lowest BCUT2D eigenvalue weighted by Gasteiger charge is -2.11. The highest BCUT2D eigenvalue weighted by Crippen LogP contribution is 2.10. The maximum absolute atomic E-state index is 11.3. The van der Waals surface area contributed by atoms with Crippen LogP contribution in [0.4, 0.5) is 0 Å². The van der Waals surface area contributed by atoms with E-state index in [1.165, 1.54) is 0 Å². The van der Waals surface area contributed by atoms with E-state index in [1.54, 1.807) is 0 Å². The molecule has 2 nitrogen and oxygen atoms in total. The van der Waals surface area contributed by atoms with Crippen molar-refractivity contribution in [1.82, 2.24) is 0 Å². The minimum Gasteiger partial charge on any atom is -0.385 e. The van der Waals surface area contributed by atoms with E-state index in [0.717, 1.165) is 12.8 Å². The smallest absolute Gasteiger partial charge is 0.161 e. The Morgan fingerprint density at radius 2 is 2.00 bits per heavy atom. The molecule has 72 valence electrons. The number of ketones is 1. The van der Waals surface area contributed by atoms with E-state index in [2.05, 4.69) is 6.92 Å². The number of hydrogen-bond acceptors (Lipinski definition) is 2. The van der Waals surface area contributed by atoms with Gasteiger partial charge in [0.15, 0.2) is 5.78 Å². The van der Waals surface area contributed by atoms with Crippen molar-refractivity contribution < 1.29 is 9.90 Å². The molecule has 0 saturated heterocycles. The van der Waals surface area contributed by atoms with Crippen LogP contribution in [0.1, 0.15) is 46.5 Å². The predicted octanol–water partition coefficient (Wildman–Crippen LogP) is 2.15. The normalized spacial score (nSPS) is 15.7. The second-order valence-electron chi connectivity index (χ2n) is 3.49. The fraction of sp³-hybridized carbons (Fsp3) is 0.900. The Bertz CT molecular complexity index is 132. The monoisotopic (exact) mass is 172 g/mol. The zero-order valence-corrected chi connectivity index (χ0v) is 8.34. The van der Waals surface area contributed by atoms with E-state index in [1.807, 2.05) is 13.8 Å². The lowest BCUT2D eigenvalue weighted by Crippen LogP contribution is -2.21. The summed E-state index contributed by atoms with van der Waals surface area (Å²) in [6.45, 7) is 6.07. The molecule has 0 heterocycles. The number of aliphatic hydroxyl groups excluding tert-OH is 1. The summed E-state index contributed by atoms with van der Waals surface area (Å²) in [6.07, 6.45) is 2.29. The molecule has 0 aromatic heterocycles. The minimum absolute atomic E-state index is 0.00574. The van der Waals surface area contributed by atoms with Crippen LogP contribution >= 0.6 is 0 Å². The third-order valence-corrected chi connectivity index (χ3v) is 2.18. The fourth-order valence-electron chi connectivity index (χ4n) is 1.06. The number of rotatable bonds is 6. The van der Waals surface area contributed by atoms with Crippen LogP contribution < -0.4 is 0 Å². The minimum atomic E-state index is -0.719. The van der Waals surface area contributed by atoms with Gasteiger partial charge in [0.1, 0.15) is 6.10 Å². The standard InChI is InChI=1S/C10H20O2/c1-4-6-9(11)10(12)7-8(3)5-2/h8-9,11H,4-7H2,1-3H3. The summed E-state index contributed by atoms with van der Waals surface area (Å²) in [5.74, 6) is 0.412. The third-order valence-electron chi connectivity index (χ3n) is 2.18. The molecule has 0 aliphatic rings. The van der Waals surface area contributed by atoms with Gasteiger partial charge in [-0.1, -0.05) is 33.6 Å². The van der Waals surface area contributed by atoms with E-state index < -0.39 is 6.10 Å². The first kappa shape index (κ1) is 11.6. The molecule has 2 unspecified atom stereocenters. The Kier molecular flexibility index (Phi) is 5.99. The first-order valence-electron chi connectivity index (χ1n) is 4.82. The summed E-state index contributed by atoms with van der Waals surface area (Å²) in [6, 6.07) is 0. The van der Waals surface area contributed by atoms with Gasteiger partial charge in [-0.25, -0.2) is 0 Å². The average Bonchev–Trinajstić information content (AvgIpc) is 2.04. The molecule has 0 aliphatic carbocycles. The van der Waals surface area contributed by atoms with Crippen molar-refractivity contribution in [3.05, 3.63) is 0 Å². The van der Waals surface area contributed by atoms with Gasteiger partial charge in [-0.05, 0) is 12.3 Å². The summed E-state index contributed by atoms with van der Waals surface area (Å²) in [5, 5.41) is 9.31. The van der Waals surface area contributed by atoms with Crippen molar-refractivity contribution in [3.8, 4) is 0 Å². The van der Waals surface area contributed by atoms with Gasteiger partial charge in [-0.3, -0.25) is 4.79 Å². The van der Waals surface area contributed by atoms with Crippen LogP contribution in [0, 0.1) is 5.92 Å². The third kappa shape index (κ3) is 4.50. The molecule has 0 aliphatic heterocycles. The lowest BCUT2D eigenvalue weighted by molar-refractivity contribution is -0.128. The van der Waals surface area contributed by atoms with Crippen molar-refractivity contribution in [2.75, 3.05) is 0 Å². The number of carbonyl (C=O) groups is 1. The second kappa shape index (κ2) is 6.18. The van der Waals surface area contributed by atoms with Gasteiger partial charge < -0.3 is 5.11 Å². The van der Waals surface area contributed by atoms with Gasteiger partial charge in [0.05, 0.1) is 0 Å². The number of Topliss-reactive ketones (excluding diaryl/α,β-unsaturated/α-hetero) is 1. The van der Waals surface area contributed by atoms with Gasteiger partial charge >= 0.3 is 0 Å². The molecule has 0 fully saturated rings. The lowest BCUT2D eigenvalue weighted by atomic mass is 9.98. The molecule has 0 rings (SSSR count). The van der Waals surface area contributed by atoms with Crippen molar-refractivity contribution >= 4 is 5.78 Å². The highest BCUT2D eigenvalue weighted by Gasteiger charge is 2.15. The van der Waals surface area contributed by atoms with E-state index in [4.69, 9.17) is 0 Å². The highest BCUT2D eigenvalue weighted by atomic mass is 16.3. The summed E-state index contributed by atoms with van der Waals surface area (Å²) in [4.78, 5) is 11.3. The second-order valence-corrected chi connectivity index (χ2v) is 3.49. The molecule has 0 saturated carbocycles. The Balaban J connectivity index is 3.70. The van der Waals surface area contributed by atoms with E-state index in [-0.39, 0.29) is 5.78 Å². The predicted molar refractivity (Wildman–Crippen MR) is 50.0 cm³/mol. The largest absolute Gasteiger partial charge is 0.385 e. The van der Waals surface area contributed by atoms with Crippen LogP contribution in [-0.4, -0.2) is 17.0 Å². The van der Waals surface area contributed by atoms with Gasteiger partial charge in [-0.15, -0.1) is 0 Å². The number of carbonyl (C=O) groups excluding carboxylic acids is 1. The molecule has 0 spiro atoms. The summed E-state index contributed by atoms with van der Waals surface area (Å²) in [7, 11) is 0. The van der Waals surface area contributed by atoms with Crippen LogP contribution in [0.2, 0.25) is 0 Å². The van der Waals surface area contributed by atoms with E-state index in [0.29, 0.717) is 18.8 Å². The molecule has 0 bridgehead atoms. The van der Waals surface area contributed by atoms with Crippen LogP contribution in [-0.2, 0) is 4.79 Å². The fourth-order valence-corrected chi connectivity index (χ4v) is 1.06. The number of aliphatic hydroxyl groups is 1. The molecule has 0 radical (unpaired) electrons. The summed E-state index contributed by atoms with van der Waals surface area (Å²) < 4.78 is 0. The Morgan fingerprint density at radius 1 is 1.42 bits per heavy atom. The first-order chi connectivity index (χ1) is 5.61. The molecule has 0 aromatic carbocycles. The van der Waals surface area contributed by atoms with Crippen LogP contribution in [0.5, 0.6) is 0 Å². The van der Waals surface area contributed by atoms with Crippen molar-refractivity contribution in [2.45, 2.75) is 52.6 Å². The zero-order chi connectivity index (χ0) is 9.56. The molecule has 12 heavy (non-hydrogen) atoms. The summed E-state index contributed by atoms with van der Waals surface area (Å²) in [5.41, 5.74) is 0. The average molecular weight is 172 g/mol. The Morgan fingerprint density at radius 3 is 2.42 bits per heavy atom. The van der Waals surface area contributed by atoms with Gasteiger partial charge in [-0.2, -0.15) is 0 Å². The SMILES string of the molecule is CCCC(O)C(=O)CC(C)CC. The van der Waals surface area contributed by atoms with Crippen molar-refractivity contribution in [2.24, 2.45) is 5.92 Å².